The van der Waals surface area contributed by atoms with Gasteiger partial charge in [0.25, 0.3) is 5.91 Å². The van der Waals surface area contributed by atoms with E-state index in [0.717, 1.165) is 22.5 Å². The van der Waals surface area contributed by atoms with Gasteiger partial charge in [-0.1, -0.05) is 30.3 Å². The third-order valence-electron chi connectivity index (χ3n) is 4.59. The summed E-state index contributed by atoms with van der Waals surface area (Å²) in [4.78, 5) is 35.4. The van der Waals surface area contributed by atoms with Crippen LogP contribution in [0.5, 0.6) is 0 Å². The van der Waals surface area contributed by atoms with Crippen molar-refractivity contribution in [1.29, 1.82) is 0 Å². The van der Waals surface area contributed by atoms with Gasteiger partial charge in [0, 0.05) is 13.1 Å². The molecule has 0 unspecified atom stereocenters. The molecule has 0 bridgehead atoms. The molecule has 0 spiro atoms. The Morgan fingerprint density at radius 3 is 2.32 bits per heavy atom. The zero-order valence-corrected chi connectivity index (χ0v) is 16.3. The van der Waals surface area contributed by atoms with Crippen LogP contribution < -0.4 is 0 Å². The zero-order chi connectivity index (χ0) is 20.1. The Balaban J connectivity index is 1.64. The SMILES string of the molecule is CCN(Cc1ccccc1)C(=O)COC(=O)c1ccc2nc(C)c(C)nc2c1. The minimum Gasteiger partial charge on any atom is -0.452 e. The highest BCUT2D eigenvalue weighted by molar-refractivity contribution is 5.94. The van der Waals surface area contributed by atoms with Gasteiger partial charge in [-0.2, -0.15) is 0 Å². The average Bonchev–Trinajstić information content (AvgIpc) is 2.71. The lowest BCUT2D eigenvalue weighted by Gasteiger charge is -2.20. The molecule has 6 heteroatoms. The number of fused-ring (bicyclic) bond motifs is 1. The molecule has 0 aliphatic heterocycles. The maximum absolute atomic E-state index is 12.4. The minimum atomic E-state index is -0.550. The molecular formula is C22H23N3O3. The molecule has 1 aromatic heterocycles. The minimum absolute atomic E-state index is 0.230. The molecule has 144 valence electrons. The second kappa shape index (κ2) is 8.61. The lowest BCUT2D eigenvalue weighted by Crippen LogP contribution is -2.34. The number of esters is 1. The van der Waals surface area contributed by atoms with Gasteiger partial charge >= 0.3 is 5.97 Å². The van der Waals surface area contributed by atoms with E-state index >= 15 is 0 Å². The number of ether oxygens (including phenoxy) is 1. The van der Waals surface area contributed by atoms with Crippen molar-refractivity contribution < 1.29 is 14.3 Å². The number of benzene rings is 2. The maximum atomic E-state index is 12.4. The van der Waals surface area contributed by atoms with Crippen molar-refractivity contribution in [3.8, 4) is 0 Å². The molecule has 0 saturated carbocycles. The number of hydrogen-bond acceptors (Lipinski definition) is 5. The number of nitrogens with zero attached hydrogens (tertiary/aromatic N) is 3. The van der Waals surface area contributed by atoms with Gasteiger partial charge in [0.1, 0.15) is 0 Å². The Hall–Kier alpha value is -3.28. The van der Waals surface area contributed by atoms with E-state index in [9.17, 15) is 9.59 Å². The van der Waals surface area contributed by atoms with E-state index in [2.05, 4.69) is 9.97 Å². The van der Waals surface area contributed by atoms with Gasteiger partial charge in [-0.25, -0.2) is 14.8 Å². The smallest absolute Gasteiger partial charge is 0.338 e. The number of hydrogen-bond donors (Lipinski definition) is 0. The van der Waals surface area contributed by atoms with E-state index in [0.29, 0.717) is 24.2 Å². The van der Waals surface area contributed by atoms with Crippen LogP contribution in [0, 0.1) is 13.8 Å². The van der Waals surface area contributed by atoms with Crippen LogP contribution in [0.2, 0.25) is 0 Å². The summed E-state index contributed by atoms with van der Waals surface area (Å²) in [5.41, 5.74) is 4.39. The topological polar surface area (TPSA) is 72.4 Å². The maximum Gasteiger partial charge on any atom is 0.338 e. The van der Waals surface area contributed by atoms with E-state index < -0.39 is 5.97 Å². The molecule has 0 atom stereocenters. The Kier molecular flexibility index (Phi) is 5.99. The van der Waals surface area contributed by atoms with Crippen molar-refractivity contribution in [2.24, 2.45) is 0 Å². The second-order valence-electron chi connectivity index (χ2n) is 6.57. The second-order valence-corrected chi connectivity index (χ2v) is 6.57. The van der Waals surface area contributed by atoms with E-state index in [1.54, 1.807) is 23.1 Å². The summed E-state index contributed by atoms with van der Waals surface area (Å²) in [7, 11) is 0. The molecule has 0 aliphatic rings. The monoisotopic (exact) mass is 377 g/mol. The summed E-state index contributed by atoms with van der Waals surface area (Å²) in [5, 5.41) is 0. The Labute approximate surface area is 164 Å². The Morgan fingerprint density at radius 2 is 1.64 bits per heavy atom. The molecule has 1 amide bonds. The molecule has 28 heavy (non-hydrogen) atoms. The first-order valence-electron chi connectivity index (χ1n) is 9.21. The van der Waals surface area contributed by atoms with Crippen molar-refractivity contribution in [2.75, 3.05) is 13.2 Å². The van der Waals surface area contributed by atoms with Gasteiger partial charge in [0.2, 0.25) is 0 Å². The normalized spacial score (nSPS) is 10.7. The third-order valence-corrected chi connectivity index (χ3v) is 4.59. The molecule has 0 saturated heterocycles. The Morgan fingerprint density at radius 1 is 0.964 bits per heavy atom. The van der Waals surface area contributed by atoms with Gasteiger partial charge in [0.15, 0.2) is 6.61 Å². The number of aromatic nitrogens is 2. The van der Waals surface area contributed by atoms with Gasteiger partial charge in [-0.3, -0.25) is 4.79 Å². The summed E-state index contributed by atoms with van der Waals surface area (Å²) in [6, 6.07) is 14.7. The van der Waals surface area contributed by atoms with Crippen LogP contribution in [-0.4, -0.2) is 39.9 Å². The largest absolute Gasteiger partial charge is 0.452 e. The molecule has 2 aromatic carbocycles. The van der Waals surface area contributed by atoms with Gasteiger partial charge < -0.3 is 9.64 Å². The predicted octanol–water partition coefficient (Wildman–Crippen LogP) is 3.45. The van der Waals surface area contributed by atoms with Crippen LogP contribution in [0.25, 0.3) is 11.0 Å². The van der Waals surface area contributed by atoms with E-state index in [1.165, 1.54) is 0 Å². The summed E-state index contributed by atoms with van der Waals surface area (Å²) in [5.74, 6) is -0.780. The fraction of sp³-hybridized carbons (Fsp3) is 0.273. The molecule has 1 heterocycles. The highest BCUT2D eigenvalue weighted by Crippen LogP contribution is 2.15. The lowest BCUT2D eigenvalue weighted by molar-refractivity contribution is -0.134. The molecule has 0 radical (unpaired) electrons. The average molecular weight is 377 g/mol. The molecule has 3 aromatic rings. The van der Waals surface area contributed by atoms with E-state index in [1.807, 2.05) is 51.1 Å². The molecule has 6 nitrogen and oxygen atoms in total. The summed E-state index contributed by atoms with van der Waals surface area (Å²) < 4.78 is 5.23. The van der Waals surface area contributed by atoms with Gasteiger partial charge in [-0.05, 0) is 44.5 Å². The number of carbonyl (C=O) groups is 2. The quantitative estimate of drug-likeness (QED) is 0.615. The summed E-state index contributed by atoms with van der Waals surface area (Å²) in [6.07, 6.45) is 0. The number of likely N-dealkylation sites (N-methyl/N-ethyl adjacent to an activating group) is 1. The van der Waals surface area contributed by atoms with Crippen LogP contribution in [0.4, 0.5) is 0 Å². The highest BCUT2D eigenvalue weighted by Gasteiger charge is 2.16. The van der Waals surface area contributed by atoms with Crippen LogP contribution in [-0.2, 0) is 16.1 Å². The number of rotatable bonds is 6. The number of amides is 1. The lowest BCUT2D eigenvalue weighted by atomic mass is 10.2. The van der Waals surface area contributed by atoms with Crippen molar-refractivity contribution in [1.82, 2.24) is 14.9 Å². The highest BCUT2D eigenvalue weighted by atomic mass is 16.5. The molecule has 0 N–H and O–H groups in total. The van der Waals surface area contributed by atoms with Crippen LogP contribution in [0.15, 0.2) is 48.5 Å². The van der Waals surface area contributed by atoms with Gasteiger partial charge in [-0.15, -0.1) is 0 Å². The van der Waals surface area contributed by atoms with Crippen LogP contribution >= 0.6 is 0 Å². The van der Waals surface area contributed by atoms with Gasteiger partial charge in [0.05, 0.1) is 28.0 Å². The van der Waals surface area contributed by atoms with Crippen molar-refractivity contribution >= 4 is 22.9 Å². The van der Waals surface area contributed by atoms with E-state index in [-0.39, 0.29) is 12.5 Å². The van der Waals surface area contributed by atoms with Crippen LogP contribution in [0.1, 0.15) is 34.2 Å². The zero-order valence-electron chi connectivity index (χ0n) is 16.3. The fourth-order valence-electron chi connectivity index (χ4n) is 2.84. The third kappa shape index (κ3) is 4.52. The van der Waals surface area contributed by atoms with Crippen LogP contribution in [0.3, 0.4) is 0 Å². The van der Waals surface area contributed by atoms with Crippen molar-refractivity contribution in [3.63, 3.8) is 0 Å². The predicted molar refractivity (Wildman–Crippen MR) is 107 cm³/mol. The molecular weight excluding hydrogens is 354 g/mol. The first-order chi connectivity index (χ1) is 13.5. The molecule has 0 fully saturated rings. The number of aryl methyl sites for hydroxylation is 2. The molecule has 0 aliphatic carbocycles. The standard InChI is InChI=1S/C22H23N3O3/c1-4-25(13-17-8-6-5-7-9-17)21(26)14-28-22(27)18-10-11-19-20(12-18)24-16(3)15(2)23-19/h5-12H,4,13-14H2,1-3H3. The van der Waals surface area contributed by atoms with Crippen molar-refractivity contribution in [2.45, 2.75) is 27.3 Å². The fourth-order valence-corrected chi connectivity index (χ4v) is 2.84. The first kappa shape index (κ1) is 19.5. The van der Waals surface area contributed by atoms with E-state index in [4.69, 9.17) is 4.74 Å². The van der Waals surface area contributed by atoms with Crippen molar-refractivity contribution in [3.05, 3.63) is 71.0 Å². The molecule has 3 rings (SSSR count). The summed E-state index contributed by atoms with van der Waals surface area (Å²) in [6.45, 7) is 6.39. The first-order valence-corrected chi connectivity index (χ1v) is 9.21. The number of carbonyl (C=O) groups excluding carboxylic acids is 2. The Bertz CT molecular complexity index is 1000. The summed E-state index contributed by atoms with van der Waals surface area (Å²) >= 11 is 0.